The molecule has 1 aliphatic rings. The highest BCUT2D eigenvalue weighted by molar-refractivity contribution is 7.10. The van der Waals surface area contributed by atoms with Crippen LogP contribution in [0.4, 0.5) is 0 Å². The zero-order valence-electron chi connectivity index (χ0n) is 9.96. The second-order valence-electron chi connectivity index (χ2n) is 4.72. The zero-order chi connectivity index (χ0) is 12.4. The minimum absolute atomic E-state index is 0.0301. The molecule has 1 unspecified atom stereocenters. The topological polar surface area (TPSA) is 29.1 Å². The van der Waals surface area contributed by atoms with Crippen LogP contribution in [0.3, 0.4) is 0 Å². The van der Waals surface area contributed by atoms with Crippen molar-refractivity contribution < 1.29 is 4.79 Å². The molecule has 1 fully saturated rings. The van der Waals surface area contributed by atoms with E-state index in [1.807, 2.05) is 6.07 Å². The molecular formula is C14H15NOS2. The van der Waals surface area contributed by atoms with Crippen molar-refractivity contribution in [1.82, 2.24) is 5.32 Å². The third kappa shape index (κ3) is 2.82. The Morgan fingerprint density at radius 2 is 2.28 bits per heavy atom. The molecule has 0 saturated heterocycles. The van der Waals surface area contributed by atoms with Gasteiger partial charge in [-0.1, -0.05) is 6.07 Å². The first-order valence-corrected chi connectivity index (χ1v) is 8.00. The monoisotopic (exact) mass is 277 g/mol. The van der Waals surface area contributed by atoms with Crippen molar-refractivity contribution >= 4 is 28.6 Å². The summed E-state index contributed by atoms with van der Waals surface area (Å²) in [7, 11) is 0. The van der Waals surface area contributed by atoms with E-state index in [2.05, 4.69) is 33.6 Å². The second-order valence-corrected chi connectivity index (χ2v) is 6.48. The molecule has 0 radical (unpaired) electrons. The summed E-state index contributed by atoms with van der Waals surface area (Å²) in [5.41, 5.74) is 1.19. The molecule has 0 bridgehead atoms. The van der Waals surface area contributed by atoms with E-state index in [1.54, 1.807) is 22.7 Å². The van der Waals surface area contributed by atoms with Gasteiger partial charge in [0.2, 0.25) is 5.91 Å². The lowest BCUT2D eigenvalue weighted by Gasteiger charge is -2.16. The van der Waals surface area contributed by atoms with Crippen LogP contribution in [0, 0.1) is 5.92 Å². The number of rotatable bonds is 5. The summed E-state index contributed by atoms with van der Waals surface area (Å²) < 4.78 is 0. The van der Waals surface area contributed by atoms with Crippen molar-refractivity contribution in [3.05, 3.63) is 44.8 Å². The standard InChI is InChI=1S/C14H15NOS2/c16-13(8-10-3-4-10)15-14(11-5-7-17-9-11)12-2-1-6-18-12/h1-2,5-7,9-10,14H,3-4,8H2,(H,15,16). The van der Waals surface area contributed by atoms with Gasteiger partial charge in [-0.3, -0.25) is 4.79 Å². The Bertz CT molecular complexity index is 466. The first-order valence-electron chi connectivity index (χ1n) is 6.18. The zero-order valence-corrected chi connectivity index (χ0v) is 11.6. The van der Waals surface area contributed by atoms with Crippen LogP contribution in [0.1, 0.15) is 35.7 Å². The van der Waals surface area contributed by atoms with Crippen molar-refractivity contribution in [2.24, 2.45) is 5.92 Å². The molecule has 1 amide bonds. The number of nitrogens with one attached hydrogen (secondary N) is 1. The van der Waals surface area contributed by atoms with Gasteiger partial charge in [-0.15, -0.1) is 11.3 Å². The van der Waals surface area contributed by atoms with Crippen LogP contribution in [0.25, 0.3) is 0 Å². The van der Waals surface area contributed by atoms with Crippen molar-refractivity contribution in [3.8, 4) is 0 Å². The number of hydrogen-bond donors (Lipinski definition) is 1. The highest BCUT2D eigenvalue weighted by Crippen LogP contribution is 2.33. The molecular weight excluding hydrogens is 262 g/mol. The molecule has 0 aromatic carbocycles. The molecule has 18 heavy (non-hydrogen) atoms. The summed E-state index contributed by atoms with van der Waals surface area (Å²) in [5.74, 6) is 0.818. The van der Waals surface area contributed by atoms with E-state index >= 15 is 0 Å². The van der Waals surface area contributed by atoms with E-state index in [1.165, 1.54) is 23.3 Å². The SMILES string of the molecule is O=C(CC1CC1)NC(c1ccsc1)c1cccs1. The number of carbonyl (C=O) groups excluding carboxylic acids is 1. The molecule has 1 atom stereocenters. The number of amides is 1. The molecule has 2 nitrogen and oxygen atoms in total. The highest BCUT2D eigenvalue weighted by Gasteiger charge is 2.26. The van der Waals surface area contributed by atoms with E-state index in [0.29, 0.717) is 12.3 Å². The Kier molecular flexibility index (Phi) is 3.48. The predicted molar refractivity (Wildman–Crippen MR) is 76.0 cm³/mol. The lowest BCUT2D eigenvalue weighted by molar-refractivity contribution is -0.121. The Labute approximate surface area is 115 Å². The van der Waals surface area contributed by atoms with Crippen LogP contribution in [0.2, 0.25) is 0 Å². The van der Waals surface area contributed by atoms with Gasteiger partial charge >= 0.3 is 0 Å². The molecule has 4 heteroatoms. The van der Waals surface area contributed by atoms with E-state index < -0.39 is 0 Å². The maximum atomic E-state index is 12.0. The predicted octanol–water partition coefficient (Wildman–Crippen LogP) is 3.82. The van der Waals surface area contributed by atoms with Crippen LogP contribution in [-0.4, -0.2) is 5.91 Å². The fraction of sp³-hybridized carbons (Fsp3) is 0.357. The molecule has 2 heterocycles. The number of hydrogen-bond acceptors (Lipinski definition) is 3. The Balaban J connectivity index is 1.75. The molecule has 0 aliphatic heterocycles. The largest absolute Gasteiger partial charge is 0.344 e. The molecule has 1 N–H and O–H groups in total. The molecule has 0 spiro atoms. The van der Waals surface area contributed by atoms with Crippen LogP contribution in [0.5, 0.6) is 0 Å². The van der Waals surface area contributed by atoms with Crippen molar-refractivity contribution in [2.45, 2.75) is 25.3 Å². The van der Waals surface area contributed by atoms with Crippen LogP contribution in [0.15, 0.2) is 34.3 Å². The minimum atomic E-state index is 0.0301. The Morgan fingerprint density at radius 3 is 2.89 bits per heavy atom. The Morgan fingerprint density at radius 1 is 1.39 bits per heavy atom. The van der Waals surface area contributed by atoms with Crippen LogP contribution < -0.4 is 5.32 Å². The van der Waals surface area contributed by atoms with Gasteiger partial charge in [0.15, 0.2) is 0 Å². The smallest absolute Gasteiger partial charge is 0.221 e. The third-order valence-electron chi connectivity index (χ3n) is 3.18. The van der Waals surface area contributed by atoms with Gasteiger partial charge in [0.1, 0.15) is 0 Å². The molecule has 3 rings (SSSR count). The fourth-order valence-corrected chi connectivity index (χ4v) is 3.51. The molecule has 1 aliphatic carbocycles. The average molecular weight is 277 g/mol. The summed E-state index contributed by atoms with van der Waals surface area (Å²) in [4.78, 5) is 13.2. The van der Waals surface area contributed by atoms with Crippen molar-refractivity contribution in [3.63, 3.8) is 0 Å². The second kappa shape index (κ2) is 5.24. The normalized spacial score (nSPS) is 16.4. The van der Waals surface area contributed by atoms with Gasteiger partial charge in [-0.2, -0.15) is 11.3 Å². The van der Waals surface area contributed by atoms with Crippen molar-refractivity contribution in [2.75, 3.05) is 0 Å². The van der Waals surface area contributed by atoms with Gasteiger partial charge in [0.05, 0.1) is 6.04 Å². The highest BCUT2D eigenvalue weighted by atomic mass is 32.1. The number of thiophene rings is 2. The van der Waals surface area contributed by atoms with Gasteiger partial charge in [-0.25, -0.2) is 0 Å². The van der Waals surface area contributed by atoms with E-state index in [-0.39, 0.29) is 11.9 Å². The average Bonchev–Trinajstić information content (AvgIpc) is 2.91. The van der Waals surface area contributed by atoms with E-state index in [0.717, 1.165) is 0 Å². The maximum absolute atomic E-state index is 12.0. The fourth-order valence-electron chi connectivity index (χ4n) is 2.02. The van der Waals surface area contributed by atoms with Crippen LogP contribution >= 0.6 is 22.7 Å². The molecule has 94 valence electrons. The van der Waals surface area contributed by atoms with Gasteiger partial charge < -0.3 is 5.32 Å². The molecule has 2 aromatic rings. The third-order valence-corrected chi connectivity index (χ3v) is 4.82. The lowest BCUT2D eigenvalue weighted by Crippen LogP contribution is -2.28. The van der Waals surface area contributed by atoms with Crippen LogP contribution in [-0.2, 0) is 4.79 Å². The summed E-state index contributed by atoms with van der Waals surface area (Å²) >= 11 is 3.37. The summed E-state index contributed by atoms with van der Waals surface area (Å²) in [5, 5.41) is 9.40. The first-order chi connectivity index (χ1) is 8.83. The van der Waals surface area contributed by atoms with Gasteiger partial charge in [-0.05, 0) is 52.6 Å². The first kappa shape index (κ1) is 11.9. The molecule has 2 aromatic heterocycles. The summed E-state index contributed by atoms with van der Waals surface area (Å²) in [6, 6.07) is 6.24. The van der Waals surface area contributed by atoms with E-state index in [9.17, 15) is 4.79 Å². The maximum Gasteiger partial charge on any atom is 0.221 e. The quantitative estimate of drug-likeness (QED) is 0.884. The van der Waals surface area contributed by atoms with Gasteiger partial charge in [0.25, 0.3) is 0 Å². The Hall–Kier alpha value is -1.13. The summed E-state index contributed by atoms with van der Waals surface area (Å²) in [6.45, 7) is 0. The van der Waals surface area contributed by atoms with Gasteiger partial charge in [0, 0.05) is 11.3 Å². The lowest BCUT2D eigenvalue weighted by atomic mass is 10.1. The van der Waals surface area contributed by atoms with Crippen molar-refractivity contribution in [1.29, 1.82) is 0 Å². The molecule has 1 saturated carbocycles. The summed E-state index contributed by atoms with van der Waals surface area (Å²) in [6.07, 6.45) is 3.12. The number of carbonyl (C=O) groups is 1. The van der Waals surface area contributed by atoms with E-state index in [4.69, 9.17) is 0 Å². The minimum Gasteiger partial charge on any atom is -0.344 e.